The van der Waals surface area contributed by atoms with Crippen LogP contribution in [-0.4, -0.2) is 9.13 Å². The maximum Gasteiger partial charge on any atom is 0.0542 e. The van der Waals surface area contributed by atoms with Crippen LogP contribution in [-0.2, 0) is 0 Å². The fourth-order valence-corrected chi connectivity index (χ4v) is 11.9. The SMILES string of the molecule is c1ccc(N(c2ccc(-c3ccc4c(c3)c3ccccc3n4-c3ccccc3)cc2)c2ccc3ccc4c(N(c5ccccc5)c5ccc6c(c5)c5ccccc5n6-c5ccccc5)ccc5ccc2c3c54)cc1. The van der Waals surface area contributed by atoms with Crippen molar-refractivity contribution in [3.63, 3.8) is 0 Å². The largest absolute Gasteiger partial charge is 0.310 e. The molecular weight excluding hydrogens is 897 g/mol. The van der Waals surface area contributed by atoms with Crippen molar-refractivity contribution in [2.45, 2.75) is 0 Å². The zero-order valence-electron chi connectivity index (χ0n) is 40.3. The molecule has 0 saturated carbocycles. The summed E-state index contributed by atoms with van der Waals surface area (Å²) in [6.45, 7) is 0. The Bertz CT molecular complexity index is 4580. The third kappa shape index (κ3) is 6.55. The Morgan fingerprint density at radius 2 is 0.608 bits per heavy atom. The maximum atomic E-state index is 2.44. The smallest absolute Gasteiger partial charge is 0.0542 e. The molecule has 0 aliphatic rings. The number of nitrogens with zero attached hydrogens (tertiary/aromatic N) is 4. The van der Waals surface area contributed by atoms with Gasteiger partial charge in [-0.15, -0.1) is 0 Å². The second kappa shape index (κ2) is 16.9. The van der Waals surface area contributed by atoms with E-state index in [0.717, 1.165) is 45.5 Å². The summed E-state index contributed by atoms with van der Waals surface area (Å²) in [5.74, 6) is 0. The molecule has 4 heteroatoms. The Labute approximate surface area is 428 Å². The van der Waals surface area contributed by atoms with Gasteiger partial charge in [0.25, 0.3) is 0 Å². The molecule has 15 rings (SSSR count). The first-order valence-electron chi connectivity index (χ1n) is 25.4. The van der Waals surface area contributed by atoms with Crippen LogP contribution in [0, 0.1) is 0 Å². The van der Waals surface area contributed by atoms with Gasteiger partial charge in [-0.25, -0.2) is 0 Å². The number of aromatic nitrogens is 2. The van der Waals surface area contributed by atoms with Gasteiger partial charge in [0.1, 0.15) is 0 Å². The number of hydrogen-bond donors (Lipinski definition) is 0. The Balaban J connectivity index is 0.871. The molecule has 0 atom stereocenters. The average Bonchev–Trinajstić information content (AvgIpc) is 4.01. The van der Waals surface area contributed by atoms with Gasteiger partial charge in [-0.2, -0.15) is 0 Å². The van der Waals surface area contributed by atoms with E-state index >= 15 is 0 Å². The van der Waals surface area contributed by atoms with Crippen LogP contribution in [0.4, 0.5) is 34.1 Å². The summed E-state index contributed by atoms with van der Waals surface area (Å²) in [7, 11) is 0. The highest BCUT2D eigenvalue weighted by Crippen LogP contribution is 2.48. The van der Waals surface area contributed by atoms with Gasteiger partial charge in [0.2, 0.25) is 0 Å². The molecule has 0 aliphatic heterocycles. The first-order valence-corrected chi connectivity index (χ1v) is 25.4. The van der Waals surface area contributed by atoms with Gasteiger partial charge in [0.05, 0.1) is 33.4 Å². The number of hydrogen-bond acceptors (Lipinski definition) is 2. The summed E-state index contributed by atoms with van der Waals surface area (Å²) < 4.78 is 4.76. The van der Waals surface area contributed by atoms with Crippen molar-refractivity contribution in [3.8, 4) is 22.5 Å². The van der Waals surface area contributed by atoms with Crippen molar-refractivity contribution in [3.05, 3.63) is 279 Å². The van der Waals surface area contributed by atoms with E-state index in [1.165, 1.54) is 87.1 Å². The number of para-hydroxylation sites is 6. The summed E-state index contributed by atoms with van der Waals surface area (Å²) in [5, 5.41) is 12.3. The lowest BCUT2D eigenvalue weighted by molar-refractivity contribution is 1.18. The van der Waals surface area contributed by atoms with Gasteiger partial charge in [0, 0.05) is 66.4 Å². The molecule has 0 N–H and O–H groups in total. The number of benzene rings is 13. The van der Waals surface area contributed by atoms with Crippen LogP contribution >= 0.6 is 0 Å². The zero-order valence-corrected chi connectivity index (χ0v) is 40.3. The lowest BCUT2D eigenvalue weighted by Crippen LogP contribution is -2.11. The van der Waals surface area contributed by atoms with E-state index in [0.29, 0.717) is 0 Å². The highest BCUT2D eigenvalue weighted by molar-refractivity contribution is 6.28. The van der Waals surface area contributed by atoms with Crippen molar-refractivity contribution >= 4 is 110 Å². The summed E-state index contributed by atoms with van der Waals surface area (Å²) in [6.07, 6.45) is 0. The molecule has 2 heterocycles. The number of fused-ring (bicyclic) bond motifs is 6. The highest BCUT2D eigenvalue weighted by atomic mass is 15.2. The molecule has 13 aromatic carbocycles. The predicted molar refractivity (Wildman–Crippen MR) is 314 cm³/mol. The molecule has 0 fully saturated rings. The van der Waals surface area contributed by atoms with Gasteiger partial charge >= 0.3 is 0 Å². The molecule has 4 nitrogen and oxygen atoms in total. The normalized spacial score (nSPS) is 11.8. The molecule has 0 spiro atoms. The molecular formula is C70H46N4. The molecule has 0 radical (unpaired) electrons. The topological polar surface area (TPSA) is 16.3 Å². The van der Waals surface area contributed by atoms with Gasteiger partial charge < -0.3 is 18.9 Å². The quantitative estimate of drug-likeness (QED) is 0.134. The van der Waals surface area contributed by atoms with Crippen LogP contribution in [0.25, 0.3) is 98.4 Å². The van der Waals surface area contributed by atoms with Crippen molar-refractivity contribution in [2.75, 3.05) is 9.80 Å². The third-order valence-corrected chi connectivity index (χ3v) is 15.2. The lowest BCUT2D eigenvalue weighted by atomic mass is 9.91. The lowest BCUT2D eigenvalue weighted by Gasteiger charge is -2.29. The molecule has 346 valence electrons. The highest BCUT2D eigenvalue weighted by Gasteiger charge is 2.23. The average molecular weight is 943 g/mol. The first kappa shape index (κ1) is 41.8. The summed E-state index contributed by atoms with van der Waals surface area (Å²) in [6, 6.07) is 102. The Morgan fingerprint density at radius 3 is 1.14 bits per heavy atom. The fraction of sp³-hybridized carbons (Fsp3) is 0. The van der Waals surface area contributed by atoms with Gasteiger partial charge in [-0.1, -0.05) is 164 Å². The van der Waals surface area contributed by atoms with E-state index in [-0.39, 0.29) is 0 Å². The van der Waals surface area contributed by atoms with Crippen LogP contribution in [0.1, 0.15) is 0 Å². The Hall–Kier alpha value is -9.90. The van der Waals surface area contributed by atoms with Gasteiger partial charge in [-0.3, -0.25) is 0 Å². The fourth-order valence-electron chi connectivity index (χ4n) is 11.9. The number of rotatable bonds is 9. The standard InChI is InChI=1S/C70H46N4/c1-5-17-51(18-6-1)71(55-36-29-47(30-37-55)50-35-43-67-61(45-50)57-25-13-15-27-63(57)73(67)53-21-9-3-10-22-53)65-41-33-48-32-40-60-66(42-34-49-31-39-59(65)69(48)70(49)60)72(52-19-7-2-8-20-52)56-38-44-68-62(46-56)58-26-14-16-28-64(58)74(68)54-23-11-4-12-24-54/h1-46H. The summed E-state index contributed by atoms with van der Waals surface area (Å²) >= 11 is 0. The predicted octanol–water partition coefficient (Wildman–Crippen LogP) is 19.4. The van der Waals surface area contributed by atoms with Crippen molar-refractivity contribution in [1.29, 1.82) is 0 Å². The minimum Gasteiger partial charge on any atom is -0.310 e. The van der Waals surface area contributed by atoms with Crippen LogP contribution < -0.4 is 9.80 Å². The van der Waals surface area contributed by atoms with Crippen molar-refractivity contribution < 1.29 is 0 Å². The summed E-state index contributed by atoms with van der Waals surface area (Å²) in [5.41, 5.74) is 16.1. The monoisotopic (exact) mass is 942 g/mol. The van der Waals surface area contributed by atoms with E-state index in [1.54, 1.807) is 0 Å². The molecule has 15 aromatic rings. The second-order valence-corrected chi connectivity index (χ2v) is 19.3. The molecule has 0 amide bonds. The minimum absolute atomic E-state index is 1.09. The van der Waals surface area contributed by atoms with Crippen LogP contribution in [0.15, 0.2) is 279 Å². The van der Waals surface area contributed by atoms with E-state index in [9.17, 15) is 0 Å². The van der Waals surface area contributed by atoms with Crippen LogP contribution in [0.2, 0.25) is 0 Å². The first-order chi connectivity index (χ1) is 36.7. The van der Waals surface area contributed by atoms with Crippen molar-refractivity contribution in [2.24, 2.45) is 0 Å². The third-order valence-electron chi connectivity index (χ3n) is 15.2. The molecule has 2 aromatic heterocycles. The summed E-state index contributed by atoms with van der Waals surface area (Å²) in [4.78, 5) is 4.86. The zero-order chi connectivity index (χ0) is 48.7. The van der Waals surface area contributed by atoms with Gasteiger partial charge in [-0.05, 0) is 148 Å². The maximum absolute atomic E-state index is 2.44. The second-order valence-electron chi connectivity index (χ2n) is 19.3. The van der Waals surface area contributed by atoms with E-state index in [2.05, 4.69) is 298 Å². The molecule has 0 aliphatic carbocycles. The van der Waals surface area contributed by atoms with E-state index in [4.69, 9.17) is 0 Å². The molecule has 0 bridgehead atoms. The van der Waals surface area contributed by atoms with Crippen LogP contribution in [0.5, 0.6) is 0 Å². The molecule has 74 heavy (non-hydrogen) atoms. The van der Waals surface area contributed by atoms with E-state index in [1.807, 2.05) is 0 Å². The van der Waals surface area contributed by atoms with Gasteiger partial charge in [0.15, 0.2) is 0 Å². The van der Waals surface area contributed by atoms with Crippen molar-refractivity contribution in [1.82, 2.24) is 9.13 Å². The number of anilines is 6. The Kier molecular flexibility index (Phi) is 9.54. The molecule has 0 unspecified atom stereocenters. The Morgan fingerprint density at radius 1 is 0.230 bits per heavy atom. The van der Waals surface area contributed by atoms with Crippen LogP contribution in [0.3, 0.4) is 0 Å². The van der Waals surface area contributed by atoms with E-state index < -0.39 is 0 Å². The minimum atomic E-state index is 1.09. The molecule has 0 saturated heterocycles.